The van der Waals surface area contributed by atoms with Crippen molar-refractivity contribution in [3.8, 4) is 11.5 Å². The number of aryl methyl sites for hydroxylation is 1. The average molecular weight is 511 g/mol. The fourth-order valence-electron chi connectivity index (χ4n) is 7.89. The predicted molar refractivity (Wildman–Crippen MR) is 146 cm³/mol. The van der Waals surface area contributed by atoms with E-state index in [0.29, 0.717) is 12.8 Å². The summed E-state index contributed by atoms with van der Waals surface area (Å²) in [6, 6.07) is 16.4. The summed E-state index contributed by atoms with van der Waals surface area (Å²) in [7, 11) is 5.86. The van der Waals surface area contributed by atoms with Gasteiger partial charge in [0.05, 0.1) is 23.8 Å². The minimum atomic E-state index is -0.948. The van der Waals surface area contributed by atoms with Crippen molar-refractivity contribution < 1.29 is 19.4 Å². The van der Waals surface area contributed by atoms with Gasteiger partial charge in [0, 0.05) is 37.2 Å². The number of likely N-dealkylation sites (tertiary alicyclic amines) is 1. The second kappa shape index (κ2) is 8.32. The third-order valence-corrected chi connectivity index (χ3v) is 9.74. The Hall–Kier alpha value is -3.35. The lowest BCUT2D eigenvalue weighted by Crippen LogP contribution is -2.73. The normalized spacial score (nSPS) is 28.6. The van der Waals surface area contributed by atoms with Gasteiger partial charge >= 0.3 is 0 Å². The van der Waals surface area contributed by atoms with Gasteiger partial charge in [0.1, 0.15) is 0 Å². The largest absolute Gasteiger partial charge is 0.493 e. The second-order valence-corrected chi connectivity index (χ2v) is 11.5. The molecule has 0 unspecified atom stereocenters. The van der Waals surface area contributed by atoms with Crippen molar-refractivity contribution in [2.75, 3.05) is 20.7 Å². The SMILES string of the molecule is COc1ccc2c3c1O[C@H]1c4c(cc(/C=C/C(=O)CCc5ccccc5)n4C)C[C@@]4(O)[C@H](C2)N(C)CC[C@]314. The van der Waals surface area contributed by atoms with Crippen LogP contribution in [0.1, 0.15) is 52.6 Å². The zero-order valence-electron chi connectivity index (χ0n) is 22.2. The van der Waals surface area contributed by atoms with Gasteiger partial charge in [0.15, 0.2) is 23.4 Å². The highest BCUT2D eigenvalue weighted by Gasteiger charge is 2.72. The molecule has 1 fully saturated rings. The van der Waals surface area contributed by atoms with Gasteiger partial charge in [-0.1, -0.05) is 36.4 Å². The quantitative estimate of drug-likeness (QED) is 0.505. The summed E-state index contributed by atoms with van der Waals surface area (Å²) in [5.41, 5.74) is 5.26. The fraction of sp³-hybridized carbons (Fsp3) is 0.406. The molecule has 2 aliphatic carbocycles. The van der Waals surface area contributed by atoms with E-state index in [1.54, 1.807) is 13.2 Å². The van der Waals surface area contributed by atoms with Crippen LogP contribution in [0.5, 0.6) is 11.5 Å². The number of hydrogen-bond acceptors (Lipinski definition) is 5. The number of hydrogen-bond donors (Lipinski definition) is 1. The second-order valence-electron chi connectivity index (χ2n) is 11.5. The fourth-order valence-corrected chi connectivity index (χ4v) is 7.89. The predicted octanol–water partition coefficient (Wildman–Crippen LogP) is 4.17. The van der Waals surface area contributed by atoms with Crippen molar-refractivity contribution in [3.63, 3.8) is 0 Å². The van der Waals surface area contributed by atoms with E-state index in [1.807, 2.05) is 37.4 Å². The Morgan fingerprint density at radius 3 is 2.79 bits per heavy atom. The van der Waals surface area contributed by atoms with Crippen molar-refractivity contribution >= 4 is 11.9 Å². The number of methoxy groups -OCH3 is 1. The Balaban J connectivity index is 1.27. The Morgan fingerprint density at radius 2 is 2.00 bits per heavy atom. The third kappa shape index (κ3) is 3.04. The van der Waals surface area contributed by atoms with Crippen LogP contribution in [-0.2, 0) is 36.5 Å². The van der Waals surface area contributed by atoms with Crippen LogP contribution < -0.4 is 9.47 Å². The summed E-state index contributed by atoms with van der Waals surface area (Å²) >= 11 is 0. The summed E-state index contributed by atoms with van der Waals surface area (Å²) in [6.45, 7) is 0.908. The molecule has 1 spiro atoms. The van der Waals surface area contributed by atoms with Gasteiger partial charge in [0.25, 0.3) is 0 Å². The lowest BCUT2D eigenvalue weighted by molar-refractivity contribution is -0.168. The van der Waals surface area contributed by atoms with E-state index in [1.165, 1.54) is 11.1 Å². The molecular formula is C32H34N2O4. The van der Waals surface area contributed by atoms with Crippen LogP contribution in [-0.4, -0.2) is 52.7 Å². The maximum atomic E-state index is 12.7. The average Bonchev–Trinajstić information content (AvgIpc) is 3.42. The van der Waals surface area contributed by atoms with Crippen LogP contribution in [0, 0.1) is 0 Å². The number of aliphatic hydroxyl groups is 1. The number of ether oxygens (including phenoxy) is 2. The maximum absolute atomic E-state index is 12.7. The van der Waals surface area contributed by atoms with Crippen LogP contribution in [0.3, 0.4) is 0 Å². The number of piperidine rings is 1. The number of likely N-dealkylation sites (N-methyl/N-ethyl adjacent to an activating group) is 1. The van der Waals surface area contributed by atoms with Gasteiger partial charge in [-0.05, 0) is 73.8 Å². The van der Waals surface area contributed by atoms with E-state index in [2.05, 4.69) is 40.8 Å². The molecule has 196 valence electrons. The molecule has 7 rings (SSSR count). The highest BCUT2D eigenvalue weighted by Crippen LogP contribution is 2.68. The lowest BCUT2D eigenvalue weighted by atomic mass is 9.49. The van der Waals surface area contributed by atoms with E-state index < -0.39 is 11.0 Å². The van der Waals surface area contributed by atoms with Gasteiger partial charge in [-0.2, -0.15) is 0 Å². The highest BCUT2D eigenvalue weighted by atomic mass is 16.5. The van der Waals surface area contributed by atoms with Gasteiger partial charge in [-0.15, -0.1) is 0 Å². The first-order valence-corrected chi connectivity index (χ1v) is 13.6. The molecule has 0 amide bonds. The zero-order valence-corrected chi connectivity index (χ0v) is 22.2. The number of fused-ring (bicyclic) bond motifs is 2. The van der Waals surface area contributed by atoms with Crippen molar-refractivity contribution in [1.82, 2.24) is 9.47 Å². The first-order chi connectivity index (χ1) is 18.4. The van der Waals surface area contributed by atoms with E-state index in [9.17, 15) is 9.90 Å². The number of aromatic nitrogens is 1. The zero-order chi connectivity index (χ0) is 26.2. The van der Waals surface area contributed by atoms with Crippen LogP contribution in [0.25, 0.3) is 6.08 Å². The number of nitrogens with zero attached hydrogens (tertiary/aromatic N) is 2. The minimum Gasteiger partial charge on any atom is -0.493 e. The Bertz CT molecular complexity index is 1470. The number of carbonyl (C=O) groups is 1. The molecule has 2 aliphatic heterocycles. The Labute approximate surface area is 223 Å². The maximum Gasteiger partial charge on any atom is 0.166 e. The molecule has 0 radical (unpaired) electrons. The molecule has 1 N–H and O–H groups in total. The molecule has 1 aromatic heterocycles. The van der Waals surface area contributed by atoms with E-state index >= 15 is 0 Å². The summed E-state index contributed by atoms with van der Waals surface area (Å²) < 4.78 is 14.7. The molecule has 3 heterocycles. The van der Waals surface area contributed by atoms with Crippen molar-refractivity contribution in [2.24, 2.45) is 7.05 Å². The molecule has 2 bridgehead atoms. The monoisotopic (exact) mass is 510 g/mol. The highest BCUT2D eigenvalue weighted by molar-refractivity contribution is 5.93. The number of benzene rings is 2. The standard InChI is InChI=1S/C32H34N2O4/c1-33-16-15-31-27-21-10-14-25(37-3)29(27)38-30(31)28-22(19-32(31,36)26(33)18-21)17-23(34(28)2)11-13-24(35)12-9-20-7-5-4-6-8-20/h4-8,10-11,13-14,17,26,30,36H,9,12,15-16,18-19H2,1-3H3/b13-11+/t26-,30-,31-,32+/m0/s1. The van der Waals surface area contributed by atoms with Gasteiger partial charge in [0.2, 0.25) is 0 Å². The molecular weight excluding hydrogens is 476 g/mol. The molecule has 3 aromatic rings. The van der Waals surface area contributed by atoms with Crippen LogP contribution in [0.15, 0.2) is 54.6 Å². The lowest BCUT2D eigenvalue weighted by Gasteiger charge is -2.62. The summed E-state index contributed by atoms with van der Waals surface area (Å²) in [4.78, 5) is 15.0. The summed E-state index contributed by atoms with van der Waals surface area (Å²) in [5, 5.41) is 12.6. The first kappa shape index (κ1) is 23.7. The molecule has 4 atom stereocenters. The van der Waals surface area contributed by atoms with E-state index in [0.717, 1.165) is 59.8 Å². The smallest absolute Gasteiger partial charge is 0.166 e. The van der Waals surface area contributed by atoms with E-state index in [-0.39, 0.29) is 17.9 Å². The summed E-state index contributed by atoms with van der Waals surface area (Å²) in [5.74, 6) is 1.63. The van der Waals surface area contributed by atoms with Gasteiger partial charge in [-0.25, -0.2) is 0 Å². The molecule has 6 nitrogen and oxygen atoms in total. The number of rotatable bonds is 6. The van der Waals surface area contributed by atoms with Crippen LogP contribution in [0.4, 0.5) is 0 Å². The van der Waals surface area contributed by atoms with Crippen molar-refractivity contribution in [1.29, 1.82) is 0 Å². The van der Waals surface area contributed by atoms with Gasteiger partial charge in [-0.3, -0.25) is 4.79 Å². The van der Waals surface area contributed by atoms with Crippen LogP contribution in [0.2, 0.25) is 0 Å². The molecule has 1 saturated heterocycles. The number of ketones is 1. The minimum absolute atomic E-state index is 0.0149. The third-order valence-electron chi connectivity index (χ3n) is 9.74. The molecule has 38 heavy (non-hydrogen) atoms. The first-order valence-electron chi connectivity index (χ1n) is 13.6. The summed E-state index contributed by atoms with van der Waals surface area (Å²) in [6.07, 6.45) is 6.70. The van der Waals surface area contributed by atoms with Crippen molar-refractivity contribution in [2.45, 2.75) is 55.3 Å². The van der Waals surface area contributed by atoms with Crippen molar-refractivity contribution in [3.05, 3.63) is 88.2 Å². The topological polar surface area (TPSA) is 63.9 Å². The Kier molecular flexibility index (Phi) is 5.20. The molecule has 4 aliphatic rings. The van der Waals surface area contributed by atoms with Crippen LogP contribution >= 0.6 is 0 Å². The molecule has 6 heteroatoms. The van der Waals surface area contributed by atoms with E-state index in [4.69, 9.17) is 9.47 Å². The number of allylic oxidation sites excluding steroid dienone is 1. The van der Waals surface area contributed by atoms with Gasteiger partial charge < -0.3 is 24.0 Å². The Morgan fingerprint density at radius 1 is 1.18 bits per heavy atom. The number of carbonyl (C=O) groups excluding carboxylic acids is 1. The molecule has 0 saturated carbocycles. The molecule has 2 aromatic carbocycles.